The lowest BCUT2D eigenvalue weighted by Gasteiger charge is -2.18. The number of benzene rings is 1. The summed E-state index contributed by atoms with van der Waals surface area (Å²) in [7, 11) is 0. The number of carboxylic acids is 1. The number of hydrogen-bond donors (Lipinski definition) is 5. The van der Waals surface area contributed by atoms with E-state index in [4.69, 9.17) is 16.6 Å². The summed E-state index contributed by atoms with van der Waals surface area (Å²) in [6.45, 7) is 1.61. The summed E-state index contributed by atoms with van der Waals surface area (Å²) in [4.78, 5) is 38.6. The zero-order valence-electron chi connectivity index (χ0n) is 13.7. The lowest BCUT2D eigenvalue weighted by molar-refractivity contribution is -0.125. The highest BCUT2D eigenvalue weighted by Crippen LogP contribution is 2.15. The molecule has 0 aromatic heterocycles. The van der Waals surface area contributed by atoms with Crippen LogP contribution < -0.4 is 22.1 Å². The lowest BCUT2D eigenvalue weighted by Crippen LogP contribution is -2.43. The number of nitrogens with two attached hydrogens (primary N) is 2. The van der Waals surface area contributed by atoms with E-state index < -0.39 is 17.9 Å². The van der Waals surface area contributed by atoms with Gasteiger partial charge in [-0.3, -0.25) is 14.6 Å². The molecule has 0 heterocycles. The standard InChI is InChI=1S/C15H21N5O4.ClH/c1-9(21)19-12(7-4-8-18-15(16)17)13(22)20-11-6-3-2-5-10(11)14(23)24;/h2-3,5-6,12H,4,7-8H2,1H3,(H,19,21)(H,20,22)(H,23,24)(H4,16,17,18);1H/t12-;/m0./s1. The number of carbonyl (C=O) groups is 3. The second-order valence-corrected chi connectivity index (χ2v) is 5.04. The first-order valence-electron chi connectivity index (χ1n) is 7.27. The first-order chi connectivity index (χ1) is 11.3. The molecule has 0 aliphatic heterocycles. The van der Waals surface area contributed by atoms with Crippen molar-refractivity contribution in [1.82, 2.24) is 5.32 Å². The monoisotopic (exact) mass is 371 g/mol. The summed E-state index contributed by atoms with van der Waals surface area (Å²) in [6, 6.07) is 5.20. The fraction of sp³-hybridized carbons (Fsp3) is 0.333. The predicted molar refractivity (Wildman–Crippen MR) is 96.8 cm³/mol. The van der Waals surface area contributed by atoms with Crippen molar-refractivity contribution in [3.63, 3.8) is 0 Å². The predicted octanol–water partition coefficient (Wildman–Crippen LogP) is 0.303. The molecule has 0 aliphatic rings. The van der Waals surface area contributed by atoms with Crippen LogP contribution in [-0.2, 0) is 9.59 Å². The SMILES string of the molecule is CC(=O)N[C@@H](CCCN=C(N)N)C(=O)Nc1ccccc1C(=O)O.Cl. The molecule has 25 heavy (non-hydrogen) atoms. The van der Waals surface area contributed by atoms with Gasteiger partial charge in [-0.05, 0) is 25.0 Å². The third-order valence-electron chi connectivity index (χ3n) is 3.05. The summed E-state index contributed by atoms with van der Waals surface area (Å²) < 4.78 is 0. The van der Waals surface area contributed by atoms with Crippen LogP contribution in [0.5, 0.6) is 0 Å². The van der Waals surface area contributed by atoms with E-state index in [2.05, 4.69) is 15.6 Å². The second kappa shape index (κ2) is 10.9. The van der Waals surface area contributed by atoms with E-state index in [9.17, 15) is 14.4 Å². The van der Waals surface area contributed by atoms with E-state index in [1.165, 1.54) is 19.1 Å². The maximum absolute atomic E-state index is 12.3. The summed E-state index contributed by atoms with van der Waals surface area (Å²) in [5.41, 5.74) is 10.6. The molecule has 1 aromatic rings. The molecule has 0 bridgehead atoms. The van der Waals surface area contributed by atoms with Crippen molar-refractivity contribution in [1.29, 1.82) is 0 Å². The summed E-state index contributed by atoms with van der Waals surface area (Å²) in [5.74, 6) is -2.09. The van der Waals surface area contributed by atoms with Crippen LogP contribution in [0.1, 0.15) is 30.1 Å². The van der Waals surface area contributed by atoms with Crippen LogP contribution in [0.3, 0.4) is 0 Å². The first-order valence-corrected chi connectivity index (χ1v) is 7.27. The second-order valence-electron chi connectivity index (χ2n) is 5.04. The molecule has 0 aliphatic carbocycles. The van der Waals surface area contributed by atoms with Crippen molar-refractivity contribution in [3.8, 4) is 0 Å². The normalized spacial score (nSPS) is 10.8. The number of carbonyl (C=O) groups excluding carboxylic acids is 2. The Labute approximate surface area is 151 Å². The van der Waals surface area contributed by atoms with Crippen LogP contribution in [0.4, 0.5) is 5.69 Å². The van der Waals surface area contributed by atoms with E-state index in [1.54, 1.807) is 12.1 Å². The van der Waals surface area contributed by atoms with Gasteiger partial charge in [-0.15, -0.1) is 12.4 Å². The van der Waals surface area contributed by atoms with Crippen LogP contribution in [0.25, 0.3) is 0 Å². The quantitative estimate of drug-likeness (QED) is 0.251. The number of nitrogens with zero attached hydrogens (tertiary/aromatic N) is 1. The fourth-order valence-electron chi connectivity index (χ4n) is 2.02. The highest BCUT2D eigenvalue weighted by Gasteiger charge is 2.21. The van der Waals surface area contributed by atoms with Gasteiger partial charge in [-0.25, -0.2) is 4.79 Å². The molecule has 0 saturated carbocycles. The Morgan fingerprint density at radius 1 is 1.24 bits per heavy atom. The maximum atomic E-state index is 12.3. The van der Waals surface area contributed by atoms with Gasteiger partial charge >= 0.3 is 5.97 Å². The van der Waals surface area contributed by atoms with Gasteiger partial charge in [0.1, 0.15) is 6.04 Å². The Morgan fingerprint density at radius 2 is 1.88 bits per heavy atom. The van der Waals surface area contributed by atoms with E-state index in [1.807, 2.05) is 0 Å². The van der Waals surface area contributed by atoms with Crippen LogP contribution >= 0.6 is 12.4 Å². The molecule has 138 valence electrons. The smallest absolute Gasteiger partial charge is 0.337 e. The molecule has 2 amide bonds. The van der Waals surface area contributed by atoms with Gasteiger partial charge in [0.25, 0.3) is 0 Å². The first kappa shape index (κ1) is 22.2. The van der Waals surface area contributed by atoms with Crippen molar-refractivity contribution in [3.05, 3.63) is 29.8 Å². The third kappa shape index (κ3) is 8.02. The average molecular weight is 372 g/mol. The molecule has 7 N–H and O–H groups in total. The van der Waals surface area contributed by atoms with E-state index in [-0.39, 0.29) is 35.5 Å². The number of aliphatic imine (C=N–C) groups is 1. The molecule has 0 unspecified atom stereocenters. The van der Waals surface area contributed by atoms with Gasteiger partial charge in [0.2, 0.25) is 11.8 Å². The minimum atomic E-state index is -1.16. The van der Waals surface area contributed by atoms with Crippen molar-refractivity contribution in [2.45, 2.75) is 25.8 Å². The van der Waals surface area contributed by atoms with E-state index in [0.717, 1.165) is 0 Å². The third-order valence-corrected chi connectivity index (χ3v) is 3.05. The molecule has 0 radical (unpaired) electrons. The molecular weight excluding hydrogens is 350 g/mol. The number of hydrogen-bond acceptors (Lipinski definition) is 4. The van der Waals surface area contributed by atoms with Crippen molar-refractivity contribution < 1.29 is 19.5 Å². The molecule has 0 saturated heterocycles. The highest BCUT2D eigenvalue weighted by atomic mass is 35.5. The van der Waals surface area contributed by atoms with Gasteiger partial charge in [0.15, 0.2) is 5.96 Å². The van der Waals surface area contributed by atoms with Crippen molar-refractivity contribution in [2.24, 2.45) is 16.5 Å². The number of guanidine groups is 1. The highest BCUT2D eigenvalue weighted by molar-refractivity contribution is 6.02. The Kier molecular flexibility index (Phi) is 9.65. The number of para-hydroxylation sites is 1. The Hall–Kier alpha value is -2.81. The van der Waals surface area contributed by atoms with Crippen LogP contribution in [0.15, 0.2) is 29.3 Å². The van der Waals surface area contributed by atoms with Gasteiger partial charge in [-0.1, -0.05) is 12.1 Å². The molecule has 0 fully saturated rings. The van der Waals surface area contributed by atoms with Gasteiger partial charge < -0.3 is 27.2 Å². The fourth-order valence-corrected chi connectivity index (χ4v) is 2.02. The number of amides is 2. The van der Waals surface area contributed by atoms with Crippen LogP contribution in [0, 0.1) is 0 Å². The average Bonchev–Trinajstić information content (AvgIpc) is 2.50. The van der Waals surface area contributed by atoms with Crippen LogP contribution in [-0.4, -0.2) is 41.4 Å². The minimum absolute atomic E-state index is 0. The summed E-state index contributed by atoms with van der Waals surface area (Å²) in [5, 5.41) is 14.2. The largest absolute Gasteiger partial charge is 0.478 e. The number of nitrogens with one attached hydrogen (secondary N) is 2. The molecule has 0 spiro atoms. The van der Waals surface area contributed by atoms with E-state index >= 15 is 0 Å². The number of carboxylic acid groups (broad SMARTS) is 1. The summed E-state index contributed by atoms with van der Waals surface area (Å²) >= 11 is 0. The Balaban J connectivity index is 0.00000576. The van der Waals surface area contributed by atoms with Crippen molar-refractivity contribution >= 4 is 41.8 Å². The Bertz CT molecular complexity index is 647. The lowest BCUT2D eigenvalue weighted by atomic mass is 10.1. The van der Waals surface area contributed by atoms with E-state index in [0.29, 0.717) is 19.4 Å². The summed E-state index contributed by atoms with van der Waals surface area (Å²) in [6.07, 6.45) is 0.772. The molecule has 1 rings (SSSR count). The number of anilines is 1. The molecule has 9 nitrogen and oxygen atoms in total. The van der Waals surface area contributed by atoms with Gasteiger partial charge in [0.05, 0.1) is 11.3 Å². The van der Waals surface area contributed by atoms with Gasteiger partial charge in [-0.2, -0.15) is 0 Å². The molecule has 1 atom stereocenters. The molecule has 1 aromatic carbocycles. The van der Waals surface area contributed by atoms with Crippen LogP contribution in [0.2, 0.25) is 0 Å². The topological polar surface area (TPSA) is 160 Å². The molecule has 10 heteroatoms. The van der Waals surface area contributed by atoms with Gasteiger partial charge in [0, 0.05) is 13.5 Å². The maximum Gasteiger partial charge on any atom is 0.337 e. The molecular formula is C15H22ClN5O4. The van der Waals surface area contributed by atoms with Crippen molar-refractivity contribution in [2.75, 3.05) is 11.9 Å². The minimum Gasteiger partial charge on any atom is -0.478 e. The number of halogens is 1. The number of aromatic carboxylic acids is 1. The zero-order valence-corrected chi connectivity index (χ0v) is 14.5. The Morgan fingerprint density at radius 3 is 2.44 bits per heavy atom. The number of rotatable bonds is 8. The zero-order chi connectivity index (χ0) is 18.1.